The van der Waals surface area contributed by atoms with Gasteiger partial charge in [0.2, 0.25) is 0 Å². The molecule has 244 valence electrons. The average molecular weight is 667 g/mol. The van der Waals surface area contributed by atoms with Crippen molar-refractivity contribution in [3.05, 3.63) is 156 Å². The molecule has 6 aromatic rings. The third-order valence-electron chi connectivity index (χ3n) is 9.34. The highest BCUT2D eigenvalue weighted by molar-refractivity contribution is 7.07. The van der Waals surface area contributed by atoms with E-state index in [-0.39, 0.29) is 11.6 Å². The normalized spacial score (nSPS) is 15.2. The number of thiazole rings is 1. The molecule has 0 unspecified atom stereocenters. The van der Waals surface area contributed by atoms with Crippen molar-refractivity contribution in [2.45, 2.75) is 25.5 Å². The van der Waals surface area contributed by atoms with Crippen molar-refractivity contribution in [2.75, 3.05) is 21.3 Å². The Labute approximate surface area is 287 Å². The van der Waals surface area contributed by atoms with Gasteiger partial charge in [-0.3, -0.25) is 9.36 Å². The van der Waals surface area contributed by atoms with Gasteiger partial charge in [0.05, 0.1) is 37.6 Å². The molecule has 7 nitrogen and oxygen atoms in total. The Morgan fingerprint density at radius 1 is 0.796 bits per heavy atom. The zero-order valence-corrected chi connectivity index (χ0v) is 28.3. The van der Waals surface area contributed by atoms with E-state index in [1.54, 1.807) is 21.3 Å². The molecular weight excluding hydrogens is 633 g/mol. The molecule has 0 spiro atoms. The van der Waals surface area contributed by atoms with Gasteiger partial charge in [-0.25, -0.2) is 4.99 Å². The number of methoxy groups -OCH3 is 3. The number of aryl methyl sites for hydroxylation is 1. The molecule has 1 aliphatic carbocycles. The lowest BCUT2D eigenvalue weighted by atomic mass is 9.83. The summed E-state index contributed by atoms with van der Waals surface area (Å²) in [5.74, 6) is 2.48. The van der Waals surface area contributed by atoms with E-state index >= 15 is 0 Å². The fraction of sp³-hybridized carbons (Fsp3) is 0.171. The van der Waals surface area contributed by atoms with Gasteiger partial charge >= 0.3 is 0 Å². The van der Waals surface area contributed by atoms with Gasteiger partial charge in [0.15, 0.2) is 27.8 Å². The summed E-state index contributed by atoms with van der Waals surface area (Å²) in [6, 6.07) is 34.2. The molecule has 0 radical (unpaired) electrons. The first-order valence-corrected chi connectivity index (χ1v) is 17.0. The van der Waals surface area contributed by atoms with Crippen LogP contribution in [0.15, 0.2) is 118 Å². The predicted molar refractivity (Wildman–Crippen MR) is 194 cm³/mol. The second-order valence-corrected chi connectivity index (χ2v) is 13.1. The topological polar surface area (TPSA) is 71.3 Å². The van der Waals surface area contributed by atoms with Gasteiger partial charge in [0.25, 0.3) is 5.56 Å². The van der Waals surface area contributed by atoms with Crippen LogP contribution in [0, 0.1) is 0 Å². The molecule has 0 fully saturated rings. The molecule has 0 bridgehead atoms. The van der Waals surface area contributed by atoms with Crippen molar-refractivity contribution >= 4 is 33.9 Å². The van der Waals surface area contributed by atoms with E-state index in [0.29, 0.717) is 38.9 Å². The minimum Gasteiger partial charge on any atom is -0.493 e. The molecule has 0 N–H and O–H groups in total. The smallest absolute Gasteiger partial charge is 0.271 e. The zero-order valence-electron chi connectivity index (χ0n) is 27.4. The number of rotatable bonds is 8. The molecule has 5 aromatic carbocycles. The number of hydrogen-bond acceptors (Lipinski definition) is 7. The molecular formula is C41H34N2O5S. The maximum atomic E-state index is 14.3. The van der Waals surface area contributed by atoms with Crippen LogP contribution in [0.5, 0.6) is 23.0 Å². The van der Waals surface area contributed by atoms with Crippen LogP contribution in [-0.2, 0) is 13.0 Å². The van der Waals surface area contributed by atoms with E-state index in [4.69, 9.17) is 23.9 Å². The van der Waals surface area contributed by atoms with Crippen molar-refractivity contribution in [1.29, 1.82) is 0 Å². The summed E-state index contributed by atoms with van der Waals surface area (Å²) in [4.78, 5) is 20.1. The maximum absolute atomic E-state index is 14.3. The summed E-state index contributed by atoms with van der Waals surface area (Å²) in [6.07, 6.45) is 3.59. The summed E-state index contributed by atoms with van der Waals surface area (Å²) in [6.45, 7) is 0.402. The van der Waals surface area contributed by atoms with E-state index in [2.05, 4.69) is 42.5 Å². The lowest BCUT2D eigenvalue weighted by molar-refractivity contribution is 0.285. The van der Waals surface area contributed by atoms with E-state index in [1.165, 1.54) is 22.3 Å². The van der Waals surface area contributed by atoms with Crippen LogP contribution in [0.2, 0.25) is 0 Å². The van der Waals surface area contributed by atoms with Crippen molar-refractivity contribution in [3.8, 4) is 23.0 Å². The molecule has 8 heteroatoms. The summed E-state index contributed by atoms with van der Waals surface area (Å²) < 4.78 is 25.6. The number of allylic oxidation sites excluding steroid dienone is 1. The standard InChI is InChI=1S/C41H34N2O5S/c1-45-33-20-17-28(23-36(33)47-3)39-32-18-16-27-10-5-7-14-31(27)38(32)42-41-43(39)40(44)37(49-41)22-25-15-19-34(35(21-25)46-2)48-24-29-12-8-11-26-9-4-6-13-30(26)29/h4-15,17,19-23,39H,16,18,24H2,1-3H3/b37-22+/t39-/m1/s1. The monoisotopic (exact) mass is 666 g/mol. The van der Waals surface area contributed by atoms with Crippen LogP contribution >= 0.6 is 11.3 Å². The lowest BCUT2D eigenvalue weighted by Gasteiger charge is -2.31. The van der Waals surface area contributed by atoms with Crippen molar-refractivity contribution in [3.63, 3.8) is 0 Å². The second kappa shape index (κ2) is 12.8. The molecule has 49 heavy (non-hydrogen) atoms. The number of ether oxygens (including phenoxy) is 4. The van der Waals surface area contributed by atoms with Gasteiger partial charge in [-0.15, -0.1) is 0 Å². The van der Waals surface area contributed by atoms with E-state index in [9.17, 15) is 4.79 Å². The average Bonchev–Trinajstić information content (AvgIpc) is 3.46. The Morgan fingerprint density at radius 2 is 1.55 bits per heavy atom. The summed E-state index contributed by atoms with van der Waals surface area (Å²) in [5.41, 5.74) is 7.24. The van der Waals surface area contributed by atoms with E-state index in [1.807, 2.05) is 71.3 Å². The highest BCUT2D eigenvalue weighted by atomic mass is 32.1. The zero-order chi connectivity index (χ0) is 33.5. The first-order chi connectivity index (χ1) is 24.1. The maximum Gasteiger partial charge on any atom is 0.271 e. The molecule has 2 heterocycles. The number of benzene rings is 5. The van der Waals surface area contributed by atoms with Crippen LogP contribution in [0.4, 0.5) is 0 Å². The molecule has 1 aliphatic heterocycles. The van der Waals surface area contributed by atoms with Crippen LogP contribution < -0.4 is 33.8 Å². The molecule has 0 saturated heterocycles. The molecule has 1 aromatic heterocycles. The first-order valence-electron chi connectivity index (χ1n) is 16.2. The minimum atomic E-state index is -0.332. The number of hydrogen-bond donors (Lipinski definition) is 0. The number of nitrogens with zero attached hydrogens (tertiary/aromatic N) is 2. The summed E-state index contributed by atoms with van der Waals surface area (Å²) in [7, 11) is 4.88. The van der Waals surface area contributed by atoms with Crippen LogP contribution in [-0.4, -0.2) is 25.9 Å². The van der Waals surface area contributed by atoms with Crippen molar-refractivity contribution in [1.82, 2.24) is 4.57 Å². The molecule has 2 aliphatic rings. The van der Waals surface area contributed by atoms with Crippen molar-refractivity contribution < 1.29 is 18.9 Å². The molecule has 8 rings (SSSR count). The Hall–Kier alpha value is -5.60. The molecule has 0 amide bonds. The minimum absolute atomic E-state index is 0.0933. The van der Waals surface area contributed by atoms with Gasteiger partial charge in [0, 0.05) is 5.56 Å². The third-order valence-corrected chi connectivity index (χ3v) is 10.3. The number of aromatic nitrogens is 1. The predicted octanol–water partition coefficient (Wildman–Crippen LogP) is 7.08. The van der Waals surface area contributed by atoms with Crippen LogP contribution in [0.3, 0.4) is 0 Å². The van der Waals surface area contributed by atoms with Gasteiger partial charge in [0.1, 0.15) is 6.61 Å². The summed E-state index contributed by atoms with van der Waals surface area (Å²) >= 11 is 1.40. The first kappa shape index (κ1) is 30.7. The number of fused-ring (bicyclic) bond motifs is 4. The second-order valence-electron chi connectivity index (χ2n) is 12.1. The molecule has 1 atom stereocenters. The van der Waals surface area contributed by atoms with E-state index < -0.39 is 0 Å². The van der Waals surface area contributed by atoms with Crippen molar-refractivity contribution in [2.24, 2.45) is 4.99 Å². The molecule has 0 saturated carbocycles. The van der Waals surface area contributed by atoms with Gasteiger partial charge in [-0.2, -0.15) is 0 Å². The van der Waals surface area contributed by atoms with Crippen LogP contribution in [0.1, 0.15) is 40.3 Å². The highest BCUT2D eigenvalue weighted by Crippen LogP contribution is 2.43. The summed E-state index contributed by atoms with van der Waals surface area (Å²) in [5, 5.41) is 2.33. The fourth-order valence-corrected chi connectivity index (χ4v) is 7.96. The van der Waals surface area contributed by atoms with E-state index in [0.717, 1.165) is 51.8 Å². The van der Waals surface area contributed by atoms with Gasteiger partial charge in [-0.1, -0.05) is 90.2 Å². The fourth-order valence-electron chi connectivity index (χ4n) is 6.96. The Balaban J connectivity index is 1.20. The SMILES string of the molecule is COc1ccc([C@@H]2C3=C(N=c4s/c(=C/c5ccc(OCc6cccc7ccccc67)c(OC)c5)c(=O)n42)c2ccccc2CC3)cc1OC. The Kier molecular flexibility index (Phi) is 8.01. The third kappa shape index (κ3) is 5.48. The lowest BCUT2D eigenvalue weighted by Crippen LogP contribution is -2.38. The van der Waals surface area contributed by atoms with Gasteiger partial charge < -0.3 is 18.9 Å². The largest absolute Gasteiger partial charge is 0.493 e. The Bertz CT molecular complexity index is 2450. The van der Waals surface area contributed by atoms with Crippen LogP contribution in [0.25, 0.3) is 22.5 Å². The quantitative estimate of drug-likeness (QED) is 0.174. The highest BCUT2D eigenvalue weighted by Gasteiger charge is 2.33. The van der Waals surface area contributed by atoms with Gasteiger partial charge in [-0.05, 0) is 81.8 Å². The Morgan fingerprint density at radius 3 is 2.41 bits per heavy atom.